The molecule has 1 aromatic heterocycles. The van der Waals surface area contributed by atoms with Crippen LogP contribution >= 0.6 is 0 Å². The van der Waals surface area contributed by atoms with Crippen LogP contribution in [-0.2, 0) is 6.54 Å². The number of hydrogen-bond acceptors (Lipinski definition) is 3. The molecule has 0 radical (unpaired) electrons. The number of fused-ring (bicyclic) bond motifs is 1. The number of piperidine rings is 1. The van der Waals surface area contributed by atoms with Gasteiger partial charge in [-0.2, -0.15) is 5.10 Å². The molecule has 0 N–H and O–H groups in total. The van der Waals surface area contributed by atoms with Crippen molar-refractivity contribution < 1.29 is 0 Å². The first-order chi connectivity index (χ1) is 9.15. The first-order valence-corrected chi connectivity index (χ1v) is 7.84. The molecule has 106 valence electrons. The van der Waals surface area contributed by atoms with Gasteiger partial charge in [0.2, 0.25) is 0 Å². The summed E-state index contributed by atoms with van der Waals surface area (Å²) in [5.74, 6) is 3.52. The summed E-state index contributed by atoms with van der Waals surface area (Å²) in [6, 6.07) is 0.670. The van der Waals surface area contributed by atoms with E-state index in [1.54, 1.807) is 0 Å². The summed E-state index contributed by atoms with van der Waals surface area (Å²) in [6.07, 6.45) is 4.96. The SMILES string of the molecule is CC1CCCn2nc(C3CCN(C(C)C)CC3)nc21. The minimum Gasteiger partial charge on any atom is -0.301 e. The zero-order valence-electron chi connectivity index (χ0n) is 12.5. The molecule has 1 saturated heterocycles. The lowest BCUT2D eigenvalue weighted by Gasteiger charge is -2.33. The Morgan fingerprint density at radius 3 is 2.47 bits per heavy atom. The Bertz CT molecular complexity index is 429. The number of aromatic nitrogens is 3. The lowest BCUT2D eigenvalue weighted by Crippen LogP contribution is -2.38. The fraction of sp³-hybridized carbons (Fsp3) is 0.867. The van der Waals surface area contributed by atoms with Crippen molar-refractivity contribution in [1.82, 2.24) is 19.7 Å². The standard InChI is InChI=1S/C15H26N4/c1-11(2)18-9-6-13(7-10-18)14-16-15-12(3)5-4-8-19(15)17-14/h11-13H,4-10H2,1-3H3. The van der Waals surface area contributed by atoms with Gasteiger partial charge >= 0.3 is 0 Å². The van der Waals surface area contributed by atoms with Crippen molar-refractivity contribution in [3.05, 3.63) is 11.6 Å². The van der Waals surface area contributed by atoms with Crippen LogP contribution in [0.15, 0.2) is 0 Å². The average molecular weight is 262 g/mol. The highest BCUT2D eigenvalue weighted by Crippen LogP contribution is 2.30. The van der Waals surface area contributed by atoms with Crippen LogP contribution in [0.25, 0.3) is 0 Å². The molecule has 1 atom stereocenters. The van der Waals surface area contributed by atoms with E-state index in [0.29, 0.717) is 17.9 Å². The molecular weight excluding hydrogens is 236 g/mol. The van der Waals surface area contributed by atoms with Crippen molar-refractivity contribution in [2.45, 2.75) is 70.9 Å². The van der Waals surface area contributed by atoms with Crippen molar-refractivity contribution >= 4 is 0 Å². The Labute approximate surface area is 116 Å². The molecule has 1 fully saturated rings. The Morgan fingerprint density at radius 1 is 1.11 bits per heavy atom. The number of nitrogens with zero attached hydrogens (tertiary/aromatic N) is 4. The van der Waals surface area contributed by atoms with Crippen molar-refractivity contribution in [3.8, 4) is 0 Å². The van der Waals surface area contributed by atoms with Gasteiger partial charge in [0.15, 0.2) is 5.82 Å². The van der Waals surface area contributed by atoms with Gasteiger partial charge in [-0.3, -0.25) is 0 Å². The van der Waals surface area contributed by atoms with Crippen LogP contribution in [0.2, 0.25) is 0 Å². The molecule has 1 unspecified atom stereocenters. The van der Waals surface area contributed by atoms with Crippen LogP contribution < -0.4 is 0 Å². The second kappa shape index (κ2) is 5.23. The molecule has 0 aromatic carbocycles. The summed E-state index contributed by atoms with van der Waals surface area (Å²) < 4.78 is 2.16. The number of aryl methyl sites for hydroxylation is 1. The molecule has 2 aliphatic heterocycles. The summed E-state index contributed by atoms with van der Waals surface area (Å²) in [6.45, 7) is 10.3. The van der Waals surface area contributed by atoms with E-state index < -0.39 is 0 Å². The van der Waals surface area contributed by atoms with Gasteiger partial charge in [0.25, 0.3) is 0 Å². The van der Waals surface area contributed by atoms with Gasteiger partial charge in [0.05, 0.1) is 0 Å². The predicted octanol–water partition coefficient (Wildman–Crippen LogP) is 2.76. The maximum atomic E-state index is 4.86. The van der Waals surface area contributed by atoms with Gasteiger partial charge in [-0.1, -0.05) is 6.92 Å². The van der Waals surface area contributed by atoms with Crippen molar-refractivity contribution in [3.63, 3.8) is 0 Å². The first kappa shape index (κ1) is 13.1. The van der Waals surface area contributed by atoms with E-state index in [0.717, 1.165) is 12.4 Å². The summed E-state index contributed by atoms with van der Waals surface area (Å²) in [7, 11) is 0. The summed E-state index contributed by atoms with van der Waals surface area (Å²) in [5, 5.41) is 4.78. The molecule has 0 amide bonds. The third-order valence-corrected chi connectivity index (χ3v) is 4.79. The van der Waals surface area contributed by atoms with E-state index in [9.17, 15) is 0 Å². The van der Waals surface area contributed by atoms with E-state index >= 15 is 0 Å². The largest absolute Gasteiger partial charge is 0.301 e. The summed E-state index contributed by atoms with van der Waals surface area (Å²) in [5.41, 5.74) is 0. The summed E-state index contributed by atoms with van der Waals surface area (Å²) in [4.78, 5) is 7.42. The fourth-order valence-electron chi connectivity index (χ4n) is 3.42. The smallest absolute Gasteiger partial charge is 0.154 e. The maximum Gasteiger partial charge on any atom is 0.154 e. The second-order valence-corrected chi connectivity index (χ2v) is 6.50. The van der Waals surface area contributed by atoms with Gasteiger partial charge in [-0.25, -0.2) is 9.67 Å². The summed E-state index contributed by atoms with van der Waals surface area (Å²) >= 11 is 0. The molecule has 0 aliphatic carbocycles. The van der Waals surface area contributed by atoms with E-state index in [1.165, 1.54) is 44.6 Å². The van der Waals surface area contributed by atoms with E-state index in [2.05, 4.69) is 30.4 Å². The van der Waals surface area contributed by atoms with Gasteiger partial charge in [0.1, 0.15) is 5.82 Å². The molecule has 4 heteroatoms. The highest BCUT2D eigenvalue weighted by Gasteiger charge is 2.27. The van der Waals surface area contributed by atoms with Gasteiger partial charge in [0, 0.05) is 24.4 Å². The molecule has 0 saturated carbocycles. The lowest BCUT2D eigenvalue weighted by molar-refractivity contribution is 0.169. The van der Waals surface area contributed by atoms with Crippen LogP contribution in [0.1, 0.15) is 69.9 Å². The molecule has 3 rings (SSSR count). The Balaban J connectivity index is 1.70. The molecule has 2 aliphatic rings. The van der Waals surface area contributed by atoms with Gasteiger partial charge < -0.3 is 4.90 Å². The molecule has 0 spiro atoms. The minimum atomic E-state index is 0.584. The topological polar surface area (TPSA) is 34.0 Å². The highest BCUT2D eigenvalue weighted by atomic mass is 15.4. The average Bonchev–Trinajstić information content (AvgIpc) is 2.84. The highest BCUT2D eigenvalue weighted by molar-refractivity contribution is 5.06. The van der Waals surface area contributed by atoms with Crippen LogP contribution in [-0.4, -0.2) is 38.8 Å². The lowest BCUT2D eigenvalue weighted by atomic mass is 9.95. The minimum absolute atomic E-state index is 0.584. The number of hydrogen-bond donors (Lipinski definition) is 0. The van der Waals surface area contributed by atoms with Gasteiger partial charge in [-0.05, 0) is 52.6 Å². The fourth-order valence-corrected chi connectivity index (χ4v) is 3.42. The number of likely N-dealkylation sites (tertiary alicyclic amines) is 1. The van der Waals surface area contributed by atoms with Gasteiger partial charge in [-0.15, -0.1) is 0 Å². The zero-order valence-corrected chi connectivity index (χ0v) is 12.5. The molecule has 19 heavy (non-hydrogen) atoms. The van der Waals surface area contributed by atoms with Crippen LogP contribution in [0, 0.1) is 0 Å². The Morgan fingerprint density at radius 2 is 1.84 bits per heavy atom. The third-order valence-electron chi connectivity index (χ3n) is 4.79. The zero-order chi connectivity index (χ0) is 13.4. The monoisotopic (exact) mass is 262 g/mol. The quantitative estimate of drug-likeness (QED) is 0.822. The van der Waals surface area contributed by atoms with E-state index in [-0.39, 0.29) is 0 Å². The molecule has 1 aromatic rings. The molecule has 3 heterocycles. The van der Waals surface area contributed by atoms with E-state index in [1.807, 2.05) is 0 Å². The number of rotatable bonds is 2. The molecule has 0 bridgehead atoms. The Kier molecular flexibility index (Phi) is 3.61. The maximum absolute atomic E-state index is 4.86. The van der Waals surface area contributed by atoms with E-state index in [4.69, 9.17) is 10.1 Å². The molecular formula is C15H26N4. The van der Waals surface area contributed by atoms with Crippen LogP contribution in [0.3, 0.4) is 0 Å². The van der Waals surface area contributed by atoms with Crippen LogP contribution in [0.5, 0.6) is 0 Å². The Hall–Kier alpha value is -0.900. The van der Waals surface area contributed by atoms with Crippen LogP contribution in [0.4, 0.5) is 0 Å². The molecule has 4 nitrogen and oxygen atoms in total. The van der Waals surface area contributed by atoms with Crippen molar-refractivity contribution in [2.75, 3.05) is 13.1 Å². The third kappa shape index (κ3) is 2.55. The normalized spacial score (nSPS) is 25.8. The van der Waals surface area contributed by atoms with Crippen molar-refractivity contribution in [1.29, 1.82) is 0 Å². The van der Waals surface area contributed by atoms with Crippen molar-refractivity contribution in [2.24, 2.45) is 0 Å². The second-order valence-electron chi connectivity index (χ2n) is 6.50. The predicted molar refractivity (Wildman–Crippen MR) is 76.4 cm³/mol. The first-order valence-electron chi connectivity index (χ1n) is 7.84.